The number of aromatic nitrogens is 2. The molecule has 0 spiro atoms. The first kappa shape index (κ1) is 25.9. The fourth-order valence-corrected chi connectivity index (χ4v) is 3.40. The molecule has 7 nitrogen and oxygen atoms in total. The number of benzene rings is 1. The van der Waals surface area contributed by atoms with Gasteiger partial charge in [-0.1, -0.05) is 6.07 Å². The van der Waals surface area contributed by atoms with Gasteiger partial charge in [0.1, 0.15) is 5.75 Å². The van der Waals surface area contributed by atoms with Gasteiger partial charge in [0, 0.05) is 52.2 Å². The molecule has 1 aromatic carbocycles. The number of piperazine rings is 1. The summed E-state index contributed by atoms with van der Waals surface area (Å²) in [6, 6.07) is 5.83. The van der Waals surface area contributed by atoms with Crippen molar-refractivity contribution in [2.75, 3.05) is 38.1 Å². The number of halogens is 4. The van der Waals surface area contributed by atoms with Crippen LogP contribution in [0.15, 0.2) is 41.7 Å². The van der Waals surface area contributed by atoms with Crippen molar-refractivity contribution in [3.63, 3.8) is 0 Å². The lowest BCUT2D eigenvalue weighted by Gasteiger charge is -2.36. The Hall–Kier alpha value is -2.31. The summed E-state index contributed by atoms with van der Waals surface area (Å²) in [5.74, 6) is 1.43. The minimum atomic E-state index is -4.47. The van der Waals surface area contributed by atoms with E-state index in [0.29, 0.717) is 38.1 Å². The Labute approximate surface area is 203 Å². The maximum Gasteiger partial charge on any atom is 0.416 e. The van der Waals surface area contributed by atoms with E-state index in [2.05, 4.69) is 25.2 Å². The molecule has 1 aliphatic heterocycles. The monoisotopic (exact) mass is 564 g/mol. The van der Waals surface area contributed by atoms with Crippen LogP contribution in [0.1, 0.15) is 25.0 Å². The minimum absolute atomic E-state index is 0. The van der Waals surface area contributed by atoms with Crippen molar-refractivity contribution in [2.45, 2.75) is 32.7 Å². The van der Waals surface area contributed by atoms with Crippen LogP contribution in [0.3, 0.4) is 0 Å². The van der Waals surface area contributed by atoms with Crippen LogP contribution >= 0.6 is 24.0 Å². The molecule has 1 fully saturated rings. The SMILES string of the molecule is CN=C(NCc1ccc(OC(C)C)cc1C(F)(F)F)N1CCN(c2ncccn2)CC1.I. The zero-order valence-electron chi connectivity index (χ0n) is 18.3. The van der Waals surface area contributed by atoms with E-state index in [-0.39, 0.29) is 47.9 Å². The number of ether oxygens (including phenoxy) is 1. The molecule has 1 aromatic heterocycles. The summed E-state index contributed by atoms with van der Waals surface area (Å²) in [4.78, 5) is 16.9. The fraction of sp³-hybridized carbons (Fsp3) is 0.476. The van der Waals surface area contributed by atoms with Crippen molar-refractivity contribution in [1.82, 2.24) is 20.2 Å². The van der Waals surface area contributed by atoms with Crippen LogP contribution in [-0.2, 0) is 12.7 Å². The van der Waals surface area contributed by atoms with Gasteiger partial charge in [0.05, 0.1) is 11.7 Å². The van der Waals surface area contributed by atoms with E-state index in [0.717, 1.165) is 6.07 Å². The second kappa shape index (κ2) is 11.5. The molecule has 0 saturated carbocycles. The molecule has 0 unspecified atom stereocenters. The molecule has 0 aliphatic carbocycles. The van der Waals surface area contributed by atoms with E-state index in [1.54, 1.807) is 45.4 Å². The molecule has 0 radical (unpaired) electrons. The van der Waals surface area contributed by atoms with E-state index in [1.165, 1.54) is 6.07 Å². The number of nitrogens with zero attached hydrogens (tertiary/aromatic N) is 5. The Morgan fingerprint density at radius 2 is 1.81 bits per heavy atom. The van der Waals surface area contributed by atoms with Gasteiger partial charge in [-0.2, -0.15) is 13.2 Å². The van der Waals surface area contributed by atoms with Crippen LogP contribution in [0.25, 0.3) is 0 Å². The zero-order chi connectivity index (χ0) is 22.4. The number of hydrogen-bond donors (Lipinski definition) is 1. The van der Waals surface area contributed by atoms with Crippen molar-refractivity contribution in [2.24, 2.45) is 4.99 Å². The van der Waals surface area contributed by atoms with Crippen LogP contribution in [0.2, 0.25) is 0 Å². The smallest absolute Gasteiger partial charge is 0.416 e. The van der Waals surface area contributed by atoms with E-state index in [4.69, 9.17) is 4.74 Å². The Morgan fingerprint density at radius 3 is 2.38 bits per heavy atom. The first-order valence-electron chi connectivity index (χ1n) is 10.1. The maximum atomic E-state index is 13.6. The van der Waals surface area contributed by atoms with Gasteiger partial charge in [-0.25, -0.2) is 9.97 Å². The summed E-state index contributed by atoms with van der Waals surface area (Å²) >= 11 is 0. The van der Waals surface area contributed by atoms with Gasteiger partial charge in [0.15, 0.2) is 5.96 Å². The molecule has 176 valence electrons. The molecule has 2 heterocycles. The number of hydrogen-bond acceptors (Lipinski definition) is 5. The van der Waals surface area contributed by atoms with Crippen LogP contribution in [-0.4, -0.2) is 60.2 Å². The van der Waals surface area contributed by atoms with Crippen LogP contribution in [0.5, 0.6) is 5.75 Å². The molecule has 11 heteroatoms. The molecule has 0 atom stereocenters. The number of alkyl halides is 3. The fourth-order valence-electron chi connectivity index (χ4n) is 3.40. The predicted octanol–water partition coefficient (Wildman–Crippen LogP) is 3.80. The summed E-state index contributed by atoms with van der Waals surface area (Å²) < 4.78 is 46.2. The predicted molar refractivity (Wildman–Crippen MR) is 129 cm³/mol. The van der Waals surface area contributed by atoms with Crippen LogP contribution in [0.4, 0.5) is 19.1 Å². The summed E-state index contributed by atoms with van der Waals surface area (Å²) in [6.45, 7) is 6.26. The first-order valence-corrected chi connectivity index (χ1v) is 10.1. The molecule has 0 bridgehead atoms. The third kappa shape index (κ3) is 6.84. The standard InChI is InChI=1S/C21H27F3N6O.HI/c1-15(2)31-17-6-5-16(18(13-17)21(22,23)24)14-28-19(25-3)29-9-11-30(12-10-29)20-26-7-4-8-27-20;/h4-8,13,15H,9-12,14H2,1-3H3,(H,25,28);1H. The first-order chi connectivity index (χ1) is 14.8. The topological polar surface area (TPSA) is 65.9 Å². The van der Waals surface area contributed by atoms with Crippen molar-refractivity contribution < 1.29 is 17.9 Å². The van der Waals surface area contributed by atoms with Crippen molar-refractivity contribution in [1.29, 1.82) is 0 Å². The third-order valence-corrected chi connectivity index (χ3v) is 4.82. The Bertz CT molecular complexity index is 887. The normalized spacial score (nSPS) is 14.9. The largest absolute Gasteiger partial charge is 0.491 e. The molecule has 3 rings (SSSR count). The molecule has 1 aliphatic rings. The molecule has 0 amide bonds. The Kier molecular flexibility index (Phi) is 9.34. The molecular weight excluding hydrogens is 536 g/mol. The van der Waals surface area contributed by atoms with Gasteiger partial charge in [0.25, 0.3) is 0 Å². The van der Waals surface area contributed by atoms with Gasteiger partial charge in [0.2, 0.25) is 5.95 Å². The number of aliphatic imine (C=N–C) groups is 1. The zero-order valence-corrected chi connectivity index (χ0v) is 20.6. The summed E-state index contributed by atoms with van der Waals surface area (Å²) in [6.07, 6.45) is -1.28. The van der Waals surface area contributed by atoms with Gasteiger partial charge in [-0.3, -0.25) is 4.99 Å². The average Bonchev–Trinajstić information content (AvgIpc) is 2.75. The lowest BCUT2D eigenvalue weighted by atomic mass is 10.1. The summed E-state index contributed by atoms with van der Waals surface area (Å²) in [5.41, 5.74) is -0.569. The second-order valence-corrected chi connectivity index (χ2v) is 7.41. The lowest BCUT2D eigenvalue weighted by Crippen LogP contribution is -2.52. The van der Waals surface area contributed by atoms with Crippen molar-refractivity contribution >= 4 is 35.9 Å². The van der Waals surface area contributed by atoms with Gasteiger partial charge < -0.3 is 19.9 Å². The Balaban J connectivity index is 0.00000363. The summed E-state index contributed by atoms with van der Waals surface area (Å²) in [5, 5.41) is 3.07. The number of rotatable bonds is 5. The highest BCUT2D eigenvalue weighted by atomic mass is 127. The molecular formula is C21H28F3IN6O. The highest BCUT2D eigenvalue weighted by molar-refractivity contribution is 14.0. The van der Waals surface area contributed by atoms with E-state index in [1.807, 2.05) is 4.90 Å². The lowest BCUT2D eigenvalue weighted by molar-refractivity contribution is -0.138. The molecule has 2 aromatic rings. The quantitative estimate of drug-likeness (QED) is 0.339. The van der Waals surface area contributed by atoms with Gasteiger partial charge in [-0.05, 0) is 37.6 Å². The molecule has 1 N–H and O–H groups in total. The van der Waals surface area contributed by atoms with Gasteiger partial charge in [-0.15, -0.1) is 24.0 Å². The number of anilines is 1. The highest BCUT2D eigenvalue weighted by Crippen LogP contribution is 2.34. The van der Waals surface area contributed by atoms with E-state index in [9.17, 15) is 13.2 Å². The van der Waals surface area contributed by atoms with E-state index >= 15 is 0 Å². The minimum Gasteiger partial charge on any atom is -0.491 e. The third-order valence-electron chi connectivity index (χ3n) is 4.82. The van der Waals surface area contributed by atoms with E-state index < -0.39 is 11.7 Å². The number of guanidine groups is 1. The van der Waals surface area contributed by atoms with Crippen LogP contribution in [0, 0.1) is 0 Å². The summed E-state index contributed by atoms with van der Waals surface area (Å²) in [7, 11) is 1.62. The average molecular weight is 564 g/mol. The van der Waals surface area contributed by atoms with Crippen LogP contribution < -0.4 is 15.0 Å². The molecule has 32 heavy (non-hydrogen) atoms. The Morgan fingerprint density at radius 1 is 1.16 bits per heavy atom. The van der Waals surface area contributed by atoms with Crippen molar-refractivity contribution in [3.05, 3.63) is 47.8 Å². The number of nitrogens with one attached hydrogen (secondary N) is 1. The molecule has 1 saturated heterocycles. The second-order valence-electron chi connectivity index (χ2n) is 7.41. The maximum absolute atomic E-state index is 13.6. The van der Waals surface area contributed by atoms with Crippen molar-refractivity contribution in [3.8, 4) is 5.75 Å². The van der Waals surface area contributed by atoms with Gasteiger partial charge >= 0.3 is 6.18 Å². The highest BCUT2D eigenvalue weighted by Gasteiger charge is 2.34.